The highest BCUT2D eigenvalue weighted by molar-refractivity contribution is 5.80. The highest BCUT2D eigenvalue weighted by atomic mass is 16.6. The fraction of sp³-hybridized carbons (Fsp3) is 0.300. The molecule has 4 rings (SSSR count). The topological polar surface area (TPSA) is 51.3 Å². The molecule has 2 heterocycles. The number of anilines is 1. The minimum atomic E-state index is -0.308. The van der Waals surface area contributed by atoms with E-state index in [0.29, 0.717) is 6.54 Å². The van der Waals surface area contributed by atoms with Gasteiger partial charge in [0.1, 0.15) is 0 Å². The average molecular weight is 335 g/mol. The van der Waals surface area contributed by atoms with Gasteiger partial charge in [-0.3, -0.25) is 10.1 Å². The Hall–Kier alpha value is -2.82. The van der Waals surface area contributed by atoms with Crippen molar-refractivity contribution < 1.29 is 4.92 Å². The number of benzene rings is 2. The largest absolute Gasteiger partial charge is 0.371 e. The summed E-state index contributed by atoms with van der Waals surface area (Å²) in [6.45, 7) is 2.69. The van der Waals surface area contributed by atoms with Crippen molar-refractivity contribution in [3.8, 4) is 0 Å². The Balaban J connectivity index is 1.75. The first kappa shape index (κ1) is 15.7. The van der Waals surface area contributed by atoms with Gasteiger partial charge in [-0.05, 0) is 42.8 Å². The fourth-order valence-electron chi connectivity index (χ4n) is 3.72. The molecule has 25 heavy (non-hydrogen) atoms. The van der Waals surface area contributed by atoms with Crippen molar-refractivity contribution in [1.29, 1.82) is 0 Å². The van der Waals surface area contributed by atoms with Gasteiger partial charge >= 0.3 is 0 Å². The quantitative estimate of drug-likeness (QED) is 0.518. The summed E-state index contributed by atoms with van der Waals surface area (Å²) in [6, 6.07) is 15.6. The van der Waals surface area contributed by atoms with E-state index in [0.717, 1.165) is 29.9 Å². The lowest BCUT2D eigenvalue weighted by Crippen LogP contribution is -2.30. The molecule has 1 aromatic heterocycles. The fourth-order valence-corrected chi connectivity index (χ4v) is 3.72. The van der Waals surface area contributed by atoms with E-state index >= 15 is 0 Å². The van der Waals surface area contributed by atoms with Crippen molar-refractivity contribution in [3.05, 3.63) is 70.4 Å². The molecule has 1 aliphatic rings. The molecule has 2 aromatic carbocycles. The number of rotatable bonds is 4. The standard InChI is InChI=1S/C20H21N3O2/c24-23(25)18-8-9-20(21-11-4-1-5-12-21)17(14-18)15-22-13-10-16-6-2-3-7-19(16)22/h2-3,6-10,13-14H,1,4-5,11-12,15H2. The molecule has 0 spiro atoms. The van der Waals surface area contributed by atoms with E-state index in [2.05, 4.69) is 33.9 Å². The molecule has 0 saturated carbocycles. The molecule has 5 heteroatoms. The van der Waals surface area contributed by atoms with Gasteiger partial charge in [-0.2, -0.15) is 0 Å². The van der Waals surface area contributed by atoms with Crippen LogP contribution in [-0.4, -0.2) is 22.6 Å². The SMILES string of the molecule is O=[N+]([O-])c1ccc(N2CCCCC2)c(Cn2ccc3ccccc32)c1. The first-order valence-electron chi connectivity index (χ1n) is 8.78. The number of hydrogen-bond donors (Lipinski definition) is 0. The van der Waals surface area contributed by atoms with Crippen LogP contribution < -0.4 is 4.90 Å². The van der Waals surface area contributed by atoms with Crippen LogP contribution in [0.15, 0.2) is 54.7 Å². The minimum absolute atomic E-state index is 0.159. The van der Waals surface area contributed by atoms with E-state index in [1.165, 1.54) is 24.6 Å². The lowest BCUT2D eigenvalue weighted by atomic mass is 10.1. The van der Waals surface area contributed by atoms with Crippen molar-refractivity contribution in [3.63, 3.8) is 0 Å². The third kappa shape index (κ3) is 3.09. The van der Waals surface area contributed by atoms with E-state index in [1.54, 1.807) is 12.1 Å². The maximum absolute atomic E-state index is 11.2. The van der Waals surface area contributed by atoms with Crippen molar-refractivity contribution >= 4 is 22.3 Å². The number of aromatic nitrogens is 1. The van der Waals surface area contributed by atoms with Crippen LogP contribution in [0.25, 0.3) is 10.9 Å². The molecule has 1 saturated heterocycles. The number of nitro benzene ring substituents is 1. The zero-order valence-electron chi connectivity index (χ0n) is 14.1. The van der Waals surface area contributed by atoms with Gasteiger partial charge in [0.15, 0.2) is 0 Å². The van der Waals surface area contributed by atoms with Crippen molar-refractivity contribution in [1.82, 2.24) is 4.57 Å². The van der Waals surface area contributed by atoms with Gasteiger partial charge < -0.3 is 9.47 Å². The molecule has 1 fully saturated rings. The van der Waals surface area contributed by atoms with E-state index in [4.69, 9.17) is 0 Å². The van der Waals surface area contributed by atoms with E-state index < -0.39 is 0 Å². The van der Waals surface area contributed by atoms with E-state index in [-0.39, 0.29) is 10.6 Å². The molecule has 0 amide bonds. The second-order valence-corrected chi connectivity index (χ2v) is 6.62. The van der Waals surface area contributed by atoms with Crippen LogP contribution in [0.5, 0.6) is 0 Å². The Kier molecular flexibility index (Phi) is 4.14. The van der Waals surface area contributed by atoms with Gasteiger partial charge in [-0.1, -0.05) is 18.2 Å². The predicted molar refractivity (Wildman–Crippen MR) is 100 cm³/mol. The molecular formula is C20H21N3O2. The van der Waals surface area contributed by atoms with Crippen molar-refractivity contribution in [2.45, 2.75) is 25.8 Å². The molecule has 5 nitrogen and oxygen atoms in total. The number of nitro groups is 1. The summed E-state index contributed by atoms with van der Waals surface area (Å²) >= 11 is 0. The molecule has 0 radical (unpaired) electrons. The lowest BCUT2D eigenvalue weighted by molar-refractivity contribution is -0.384. The van der Waals surface area contributed by atoms with E-state index in [1.807, 2.05) is 18.2 Å². The molecule has 0 bridgehead atoms. The van der Waals surface area contributed by atoms with Crippen molar-refractivity contribution in [2.24, 2.45) is 0 Å². The van der Waals surface area contributed by atoms with Gasteiger partial charge in [0.2, 0.25) is 0 Å². The highest BCUT2D eigenvalue weighted by Crippen LogP contribution is 2.29. The molecule has 0 N–H and O–H groups in total. The molecular weight excluding hydrogens is 314 g/mol. The minimum Gasteiger partial charge on any atom is -0.371 e. The normalized spacial score (nSPS) is 14.8. The Morgan fingerprint density at radius 1 is 1.00 bits per heavy atom. The smallest absolute Gasteiger partial charge is 0.269 e. The molecule has 128 valence electrons. The Bertz CT molecular complexity index is 910. The summed E-state index contributed by atoms with van der Waals surface area (Å²) in [5.74, 6) is 0. The summed E-state index contributed by atoms with van der Waals surface area (Å²) in [4.78, 5) is 13.3. The summed E-state index contributed by atoms with van der Waals surface area (Å²) in [7, 11) is 0. The molecule has 0 atom stereocenters. The summed E-state index contributed by atoms with van der Waals surface area (Å²) in [6.07, 6.45) is 5.69. The third-order valence-electron chi connectivity index (χ3n) is 4.99. The predicted octanol–water partition coefficient (Wildman–Crippen LogP) is 4.59. The Morgan fingerprint density at radius 2 is 1.80 bits per heavy atom. The van der Waals surface area contributed by atoms with Crippen LogP contribution in [0.2, 0.25) is 0 Å². The molecule has 1 aliphatic heterocycles. The maximum Gasteiger partial charge on any atom is 0.269 e. The molecule has 0 aliphatic carbocycles. The number of para-hydroxylation sites is 1. The Morgan fingerprint density at radius 3 is 2.60 bits per heavy atom. The average Bonchev–Trinajstić information content (AvgIpc) is 3.05. The highest BCUT2D eigenvalue weighted by Gasteiger charge is 2.18. The first-order valence-corrected chi connectivity index (χ1v) is 8.78. The number of non-ortho nitro benzene ring substituents is 1. The number of fused-ring (bicyclic) bond motifs is 1. The zero-order chi connectivity index (χ0) is 17.2. The number of hydrogen-bond acceptors (Lipinski definition) is 3. The second-order valence-electron chi connectivity index (χ2n) is 6.62. The van der Waals surface area contributed by atoms with Crippen LogP contribution >= 0.6 is 0 Å². The Labute approximate surface area is 146 Å². The van der Waals surface area contributed by atoms with Gasteiger partial charge in [-0.15, -0.1) is 0 Å². The number of nitrogens with zero attached hydrogens (tertiary/aromatic N) is 3. The summed E-state index contributed by atoms with van der Waals surface area (Å²) < 4.78 is 2.17. The monoisotopic (exact) mass is 335 g/mol. The second kappa shape index (κ2) is 6.59. The lowest BCUT2D eigenvalue weighted by Gasteiger charge is -2.30. The number of piperidine rings is 1. The van der Waals surface area contributed by atoms with Gasteiger partial charge in [0.25, 0.3) is 5.69 Å². The third-order valence-corrected chi connectivity index (χ3v) is 4.99. The van der Waals surface area contributed by atoms with Crippen molar-refractivity contribution in [2.75, 3.05) is 18.0 Å². The van der Waals surface area contributed by atoms with Crippen LogP contribution in [0, 0.1) is 10.1 Å². The molecule has 0 unspecified atom stereocenters. The summed E-state index contributed by atoms with van der Waals surface area (Å²) in [5.41, 5.74) is 3.45. The van der Waals surface area contributed by atoms with Crippen LogP contribution in [-0.2, 0) is 6.54 Å². The van der Waals surface area contributed by atoms with Crippen LogP contribution in [0.3, 0.4) is 0 Å². The van der Waals surface area contributed by atoms with E-state index in [9.17, 15) is 10.1 Å². The first-order chi connectivity index (χ1) is 12.2. The summed E-state index contributed by atoms with van der Waals surface area (Å²) in [5, 5.41) is 12.4. The van der Waals surface area contributed by atoms with Gasteiger partial charge in [0.05, 0.1) is 4.92 Å². The van der Waals surface area contributed by atoms with Crippen LogP contribution in [0.4, 0.5) is 11.4 Å². The van der Waals surface area contributed by atoms with Gasteiger partial charge in [0, 0.05) is 54.7 Å². The van der Waals surface area contributed by atoms with Gasteiger partial charge in [-0.25, -0.2) is 0 Å². The van der Waals surface area contributed by atoms with Crippen LogP contribution in [0.1, 0.15) is 24.8 Å². The molecule has 3 aromatic rings. The zero-order valence-corrected chi connectivity index (χ0v) is 14.1. The maximum atomic E-state index is 11.2.